The number of carbonyl (C=O) groups is 2. The Kier molecular flexibility index (Phi) is 6.49. The third-order valence-corrected chi connectivity index (χ3v) is 8.22. The quantitative estimate of drug-likeness (QED) is 0.668. The number of hydrogen-bond donors (Lipinski definition) is 2. The monoisotopic (exact) mass is 450 g/mol. The van der Waals surface area contributed by atoms with Crippen molar-refractivity contribution >= 4 is 27.5 Å². The summed E-state index contributed by atoms with van der Waals surface area (Å²) in [5, 5.41) is 5.68. The summed E-state index contributed by atoms with van der Waals surface area (Å²) >= 11 is 0. The van der Waals surface area contributed by atoms with Crippen molar-refractivity contribution in [2.45, 2.75) is 37.5 Å². The third-order valence-electron chi connectivity index (χ3n) is 6.21. The molecule has 170 valence electrons. The molecule has 31 heavy (non-hydrogen) atoms. The van der Waals surface area contributed by atoms with Crippen molar-refractivity contribution in [3.8, 4) is 5.75 Å². The van der Waals surface area contributed by atoms with Crippen LogP contribution in [0.15, 0.2) is 17.0 Å². The van der Waals surface area contributed by atoms with Gasteiger partial charge in [0.1, 0.15) is 5.75 Å². The standard InChI is InChI=1S/C21H30N4O5S/c1-15-11-17-18(30-14-20(26)23-17)12-19(15)31(28,29)25-9-4-5-16(13-25)21(27)22-6-10-24-7-2-3-8-24/h11-12,16H,2-10,13-14H2,1H3,(H,22,27)(H,23,26)/t16-/m0/s1. The van der Waals surface area contributed by atoms with Crippen LogP contribution in [0.3, 0.4) is 0 Å². The molecule has 0 aliphatic carbocycles. The summed E-state index contributed by atoms with van der Waals surface area (Å²) in [5.41, 5.74) is 1.00. The minimum absolute atomic E-state index is 0.0766. The van der Waals surface area contributed by atoms with Crippen molar-refractivity contribution in [3.63, 3.8) is 0 Å². The fourth-order valence-corrected chi connectivity index (χ4v) is 6.24. The topological polar surface area (TPSA) is 108 Å². The smallest absolute Gasteiger partial charge is 0.262 e. The van der Waals surface area contributed by atoms with Crippen molar-refractivity contribution in [2.75, 3.05) is 51.2 Å². The number of nitrogens with zero attached hydrogens (tertiary/aromatic N) is 2. The Balaban J connectivity index is 1.42. The van der Waals surface area contributed by atoms with Gasteiger partial charge in [-0.15, -0.1) is 0 Å². The second-order valence-electron chi connectivity index (χ2n) is 8.49. The number of carbonyl (C=O) groups excluding carboxylic acids is 2. The molecular weight excluding hydrogens is 420 g/mol. The molecule has 3 aliphatic rings. The van der Waals surface area contributed by atoms with Gasteiger partial charge in [0.15, 0.2) is 6.61 Å². The number of amides is 2. The van der Waals surface area contributed by atoms with E-state index < -0.39 is 10.0 Å². The molecule has 0 spiro atoms. The Morgan fingerprint density at radius 3 is 2.77 bits per heavy atom. The van der Waals surface area contributed by atoms with Gasteiger partial charge in [-0.2, -0.15) is 4.31 Å². The summed E-state index contributed by atoms with van der Waals surface area (Å²) in [7, 11) is -3.79. The van der Waals surface area contributed by atoms with Crippen molar-refractivity contribution in [1.82, 2.24) is 14.5 Å². The first kappa shape index (κ1) is 22.0. The number of ether oxygens (including phenoxy) is 1. The zero-order valence-electron chi connectivity index (χ0n) is 17.9. The summed E-state index contributed by atoms with van der Waals surface area (Å²) < 4.78 is 33.5. The number of sulfonamides is 1. The fourth-order valence-electron chi connectivity index (χ4n) is 4.50. The highest BCUT2D eigenvalue weighted by molar-refractivity contribution is 7.89. The molecule has 0 bridgehead atoms. The molecule has 0 radical (unpaired) electrons. The van der Waals surface area contributed by atoms with Gasteiger partial charge in [-0.05, 0) is 57.3 Å². The van der Waals surface area contributed by atoms with Crippen LogP contribution in [0.2, 0.25) is 0 Å². The van der Waals surface area contributed by atoms with Crippen LogP contribution in [0.5, 0.6) is 5.75 Å². The van der Waals surface area contributed by atoms with E-state index in [9.17, 15) is 18.0 Å². The second-order valence-corrected chi connectivity index (χ2v) is 10.4. The Hall–Kier alpha value is -2.17. The van der Waals surface area contributed by atoms with Gasteiger partial charge in [0.2, 0.25) is 15.9 Å². The largest absolute Gasteiger partial charge is 0.482 e. The molecule has 2 saturated heterocycles. The van der Waals surface area contributed by atoms with Crippen molar-refractivity contribution in [3.05, 3.63) is 17.7 Å². The van der Waals surface area contributed by atoms with Gasteiger partial charge < -0.3 is 20.3 Å². The number of hydrogen-bond acceptors (Lipinski definition) is 6. The second kappa shape index (κ2) is 9.13. The Morgan fingerprint density at radius 1 is 1.23 bits per heavy atom. The first-order valence-electron chi connectivity index (χ1n) is 10.9. The average molecular weight is 451 g/mol. The summed E-state index contributed by atoms with van der Waals surface area (Å²) in [5.74, 6) is -0.350. The lowest BCUT2D eigenvalue weighted by atomic mass is 9.99. The van der Waals surface area contributed by atoms with E-state index >= 15 is 0 Å². The first-order valence-corrected chi connectivity index (χ1v) is 12.4. The van der Waals surface area contributed by atoms with Crippen LogP contribution in [0.1, 0.15) is 31.2 Å². The molecule has 2 fully saturated rings. The zero-order chi connectivity index (χ0) is 22.0. The van der Waals surface area contributed by atoms with Crippen molar-refractivity contribution in [1.29, 1.82) is 0 Å². The van der Waals surface area contributed by atoms with Gasteiger partial charge in [-0.3, -0.25) is 9.59 Å². The summed E-state index contributed by atoms with van der Waals surface area (Å²) in [6.07, 6.45) is 3.74. The molecule has 2 amide bonds. The normalized spacial score (nSPS) is 22.5. The van der Waals surface area contributed by atoms with E-state index in [-0.39, 0.29) is 35.8 Å². The highest BCUT2D eigenvalue weighted by Gasteiger charge is 2.35. The lowest BCUT2D eigenvalue weighted by Gasteiger charge is -2.32. The van der Waals surface area contributed by atoms with E-state index in [0.29, 0.717) is 42.9 Å². The van der Waals surface area contributed by atoms with E-state index in [2.05, 4.69) is 15.5 Å². The van der Waals surface area contributed by atoms with Crippen LogP contribution in [0.4, 0.5) is 5.69 Å². The molecular formula is C21H30N4O5S. The molecule has 0 saturated carbocycles. The van der Waals surface area contributed by atoms with Gasteiger partial charge in [-0.1, -0.05) is 0 Å². The molecule has 10 heteroatoms. The Labute approximate surface area is 183 Å². The molecule has 1 aromatic rings. The van der Waals surface area contributed by atoms with Crippen LogP contribution in [0, 0.1) is 12.8 Å². The van der Waals surface area contributed by atoms with Gasteiger partial charge in [0.05, 0.1) is 16.5 Å². The van der Waals surface area contributed by atoms with Gasteiger partial charge in [-0.25, -0.2) is 8.42 Å². The molecule has 9 nitrogen and oxygen atoms in total. The molecule has 4 rings (SSSR count). The highest BCUT2D eigenvalue weighted by Crippen LogP contribution is 2.35. The number of fused-ring (bicyclic) bond motifs is 1. The number of aryl methyl sites for hydroxylation is 1. The average Bonchev–Trinajstić information content (AvgIpc) is 3.26. The maximum absolute atomic E-state index is 13.4. The number of nitrogens with one attached hydrogen (secondary N) is 2. The number of benzene rings is 1. The molecule has 3 aliphatic heterocycles. The third kappa shape index (κ3) is 4.86. The maximum atomic E-state index is 13.4. The van der Waals surface area contributed by atoms with Crippen molar-refractivity contribution < 1.29 is 22.7 Å². The minimum atomic E-state index is -3.79. The Bertz CT molecular complexity index is 959. The number of piperidine rings is 1. The molecule has 3 heterocycles. The van der Waals surface area contributed by atoms with Crippen LogP contribution in [0.25, 0.3) is 0 Å². The van der Waals surface area contributed by atoms with E-state index in [1.54, 1.807) is 13.0 Å². The van der Waals surface area contributed by atoms with E-state index in [1.165, 1.54) is 23.2 Å². The Morgan fingerprint density at radius 2 is 2.00 bits per heavy atom. The van der Waals surface area contributed by atoms with E-state index in [4.69, 9.17) is 4.74 Å². The van der Waals surface area contributed by atoms with E-state index in [1.807, 2.05) is 0 Å². The number of likely N-dealkylation sites (tertiary alicyclic amines) is 1. The van der Waals surface area contributed by atoms with Crippen molar-refractivity contribution in [2.24, 2.45) is 5.92 Å². The predicted molar refractivity (Wildman–Crippen MR) is 115 cm³/mol. The zero-order valence-corrected chi connectivity index (χ0v) is 18.7. The number of rotatable bonds is 6. The summed E-state index contributed by atoms with van der Waals surface area (Å²) in [6.45, 7) is 5.71. The van der Waals surface area contributed by atoms with Crippen LogP contribution < -0.4 is 15.4 Å². The van der Waals surface area contributed by atoms with Gasteiger partial charge >= 0.3 is 0 Å². The summed E-state index contributed by atoms with van der Waals surface area (Å²) in [4.78, 5) is 26.7. The lowest BCUT2D eigenvalue weighted by molar-refractivity contribution is -0.126. The van der Waals surface area contributed by atoms with Gasteiger partial charge in [0.25, 0.3) is 5.91 Å². The van der Waals surface area contributed by atoms with Crippen LogP contribution in [-0.2, 0) is 19.6 Å². The minimum Gasteiger partial charge on any atom is -0.482 e. The molecule has 1 aromatic carbocycles. The van der Waals surface area contributed by atoms with E-state index in [0.717, 1.165) is 19.6 Å². The SMILES string of the molecule is Cc1cc2c(cc1S(=O)(=O)N1CCC[C@H](C(=O)NCCN3CCCC3)C1)OCC(=O)N2. The lowest BCUT2D eigenvalue weighted by Crippen LogP contribution is -2.46. The molecule has 2 N–H and O–H groups in total. The summed E-state index contributed by atoms with van der Waals surface area (Å²) in [6, 6.07) is 3.09. The fraction of sp³-hybridized carbons (Fsp3) is 0.619. The maximum Gasteiger partial charge on any atom is 0.262 e. The predicted octanol–water partition coefficient (Wildman–Crippen LogP) is 0.939. The number of anilines is 1. The van der Waals surface area contributed by atoms with Crippen LogP contribution >= 0.6 is 0 Å². The molecule has 0 unspecified atom stereocenters. The van der Waals surface area contributed by atoms with Crippen LogP contribution in [-0.4, -0.2) is 75.3 Å². The molecule has 1 atom stereocenters. The molecule has 0 aromatic heterocycles. The first-order chi connectivity index (χ1) is 14.8. The van der Waals surface area contributed by atoms with Gasteiger partial charge in [0, 0.05) is 32.2 Å². The highest BCUT2D eigenvalue weighted by atomic mass is 32.2.